The van der Waals surface area contributed by atoms with Crippen LogP contribution < -0.4 is 5.43 Å². The predicted octanol–water partition coefficient (Wildman–Crippen LogP) is 4.05. The first-order valence-electron chi connectivity index (χ1n) is 10.8. The first kappa shape index (κ1) is 22.3. The van der Waals surface area contributed by atoms with E-state index in [-0.39, 0.29) is 29.2 Å². The van der Waals surface area contributed by atoms with Gasteiger partial charge in [0, 0.05) is 18.7 Å². The van der Waals surface area contributed by atoms with Crippen LogP contribution >= 0.6 is 0 Å². The number of nitrogens with zero attached hydrogens (tertiary/aromatic N) is 1. The van der Waals surface area contributed by atoms with E-state index in [0.29, 0.717) is 23.3 Å². The van der Waals surface area contributed by atoms with Crippen LogP contribution in [0.2, 0.25) is 0 Å². The largest absolute Gasteiger partial charge is 0.450 e. The number of carbonyl (C=O) groups is 1. The van der Waals surface area contributed by atoms with Gasteiger partial charge >= 0.3 is 0 Å². The average Bonchev–Trinajstić information content (AvgIpc) is 3.12. The molecule has 4 rings (SSSR count). The molecular formula is C25H27NO5S. The minimum atomic E-state index is -3.20. The van der Waals surface area contributed by atoms with Gasteiger partial charge in [0.05, 0.1) is 16.9 Å². The highest BCUT2D eigenvalue weighted by Gasteiger charge is 2.36. The molecule has 0 aliphatic carbocycles. The molecule has 0 saturated carbocycles. The Bertz CT molecular complexity index is 1320. The minimum Gasteiger partial charge on any atom is -0.450 e. The van der Waals surface area contributed by atoms with Crippen LogP contribution in [0.15, 0.2) is 57.7 Å². The van der Waals surface area contributed by atoms with Crippen molar-refractivity contribution in [2.45, 2.75) is 45.7 Å². The molecule has 1 fully saturated rings. The molecule has 6 nitrogen and oxygen atoms in total. The van der Waals surface area contributed by atoms with Crippen LogP contribution in [0.3, 0.4) is 0 Å². The maximum absolute atomic E-state index is 13.5. The number of benzene rings is 2. The summed E-state index contributed by atoms with van der Waals surface area (Å²) in [5.74, 6) is -0.187. The van der Waals surface area contributed by atoms with E-state index in [1.54, 1.807) is 12.1 Å². The quantitative estimate of drug-likeness (QED) is 0.582. The van der Waals surface area contributed by atoms with E-state index in [1.807, 2.05) is 37.3 Å². The molecule has 1 unspecified atom stereocenters. The second-order valence-corrected chi connectivity index (χ2v) is 11.0. The zero-order chi connectivity index (χ0) is 23.0. The molecule has 3 aromatic rings. The molecule has 0 bridgehead atoms. The van der Waals surface area contributed by atoms with Gasteiger partial charge in [-0.05, 0) is 42.0 Å². The Kier molecular flexibility index (Phi) is 5.95. The zero-order valence-corrected chi connectivity index (χ0v) is 19.3. The number of carbonyl (C=O) groups excluding carboxylic acids is 1. The van der Waals surface area contributed by atoms with Crippen molar-refractivity contribution in [2.24, 2.45) is 0 Å². The third kappa shape index (κ3) is 4.48. The molecule has 1 aliphatic heterocycles. The van der Waals surface area contributed by atoms with Crippen LogP contribution in [-0.2, 0) is 16.4 Å². The molecule has 1 atom stereocenters. The SMILES string of the molecule is Cc1cccc2c(=O)cc(C(=O)N(Cc3ccc(C(C)C)cc3)C3CCS(=O)(=O)C3)oc12. The van der Waals surface area contributed by atoms with E-state index in [1.165, 1.54) is 16.5 Å². The second kappa shape index (κ2) is 8.54. The number of aryl methyl sites for hydroxylation is 1. The van der Waals surface area contributed by atoms with Crippen LogP contribution in [0, 0.1) is 6.92 Å². The van der Waals surface area contributed by atoms with Crippen molar-refractivity contribution in [3.05, 3.63) is 81.2 Å². The van der Waals surface area contributed by atoms with Crippen LogP contribution in [0.1, 0.15) is 53.4 Å². The summed E-state index contributed by atoms with van der Waals surface area (Å²) in [5.41, 5.74) is 2.92. The first-order chi connectivity index (χ1) is 15.1. The summed E-state index contributed by atoms with van der Waals surface area (Å²) in [5, 5.41) is 0.417. The smallest absolute Gasteiger partial charge is 0.290 e. The third-order valence-electron chi connectivity index (χ3n) is 6.07. The number of sulfone groups is 1. The van der Waals surface area contributed by atoms with Gasteiger partial charge in [0.15, 0.2) is 21.0 Å². The molecule has 0 N–H and O–H groups in total. The average molecular weight is 454 g/mol. The molecule has 2 aromatic carbocycles. The summed E-state index contributed by atoms with van der Waals surface area (Å²) in [4.78, 5) is 27.7. The molecule has 1 saturated heterocycles. The van der Waals surface area contributed by atoms with Gasteiger partial charge in [0.1, 0.15) is 5.58 Å². The van der Waals surface area contributed by atoms with Crippen LogP contribution in [-0.4, -0.2) is 36.8 Å². The second-order valence-electron chi connectivity index (χ2n) is 8.81. The predicted molar refractivity (Wildman–Crippen MR) is 125 cm³/mol. The van der Waals surface area contributed by atoms with Crippen molar-refractivity contribution in [3.63, 3.8) is 0 Å². The molecule has 2 heterocycles. The summed E-state index contributed by atoms with van der Waals surface area (Å²) < 4.78 is 30.2. The monoisotopic (exact) mass is 453 g/mol. The molecule has 1 aliphatic rings. The van der Waals surface area contributed by atoms with Crippen LogP contribution in [0.4, 0.5) is 0 Å². The fourth-order valence-electron chi connectivity index (χ4n) is 4.16. The van der Waals surface area contributed by atoms with Gasteiger partial charge in [-0.25, -0.2) is 8.42 Å². The van der Waals surface area contributed by atoms with E-state index >= 15 is 0 Å². The number of fused-ring (bicyclic) bond motifs is 1. The van der Waals surface area contributed by atoms with Gasteiger partial charge in [-0.1, -0.05) is 50.2 Å². The Morgan fingerprint density at radius 3 is 2.50 bits per heavy atom. The van der Waals surface area contributed by atoms with Crippen molar-refractivity contribution in [1.29, 1.82) is 0 Å². The Morgan fingerprint density at radius 1 is 1.16 bits per heavy atom. The lowest BCUT2D eigenvalue weighted by Gasteiger charge is -2.28. The van der Waals surface area contributed by atoms with Crippen molar-refractivity contribution < 1.29 is 17.6 Å². The van der Waals surface area contributed by atoms with Gasteiger partial charge in [0.2, 0.25) is 0 Å². The Morgan fingerprint density at radius 2 is 1.88 bits per heavy atom. The molecule has 0 spiro atoms. The summed E-state index contributed by atoms with van der Waals surface area (Å²) in [6, 6.07) is 14.0. The normalized spacial score (nSPS) is 17.7. The fraction of sp³-hybridized carbons (Fsp3) is 0.360. The van der Waals surface area contributed by atoms with Crippen molar-refractivity contribution in [2.75, 3.05) is 11.5 Å². The van der Waals surface area contributed by atoms with Crippen molar-refractivity contribution in [1.82, 2.24) is 4.90 Å². The number of hydrogen-bond acceptors (Lipinski definition) is 5. The summed E-state index contributed by atoms with van der Waals surface area (Å²) in [6.45, 7) is 6.28. The Hall–Kier alpha value is -2.93. The molecule has 1 aromatic heterocycles. The molecule has 1 amide bonds. The number of hydrogen-bond donors (Lipinski definition) is 0. The summed E-state index contributed by atoms with van der Waals surface area (Å²) in [6.07, 6.45) is 0.370. The van der Waals surface area contributed by atoms with Crippen molar-refractivity contribution in [3.8, 4) is 0 Å². The summed E-state index contributed by atoms with van der Waals surface area (Å²) >= 11 is 0. The maximum Gasteiger partial charge on any atom is 0.290 e. The molecular weight excluding hydrogens is 426 g/mol. The third-order valence-corrected chi connectivity index (χ3v) is 7.82. The highest BCUT2D eigenvalue weighted by Crippen LogP contribution is 2.25. The van der Waals surface area contributed by atoms with Gasteiger partial charge in [0.25, 0.3) is 5.91 Å². The minimum absolute atomic E-state index is 0.0501. The van der Waals surface area contributed by atoms with E-state index in [0.717, 1.165) is 11.1 Å². The van der Waals surface area contributed by atoms with Gasteiger partial charge in [-0.2, -0.15) is 0 Å². The number of para-hydroxylation sites is 1. The molecule has 168 valence electrons. The van der Waals surface area contributed by atoms with Gasteiger partial charge in [-0.3, -0.25) is 9.59 Å². The lowest BCUT2D eigenvalue weighted by atomic mass is 10.0. The Balaban J connectivity index is 1.72. The van der Waals surface area contributed by atoms with Gasteiger partial charge < -0.3 is 9.32 Å². The fourth-order valence-corrected chi connectivity index (χ4v) is 5.89. The van der Waals surface area contributed by atoms with E-state index in [2.05, 4.69) is 13.8 Å². The molecule has 0 radical (unpaired) electrons. The zero-order valence-electron chi connectivity index (χ0n) is 18.5. The standard InChI is InChI=1S/C25H27NO5S/c1-16(2)19-9-7-18(8-10-19)14-26(20-11-12-32(29,30)15-20)25(28)23-13-22(27)21-6-4-5-17(3)24(21)31-23/h4-10,13,16,20H,11-12,14-15H2,1-3H3. The maximum atomic E-state index is 13.5. The Labute approximate surface area is 187 Å². The van der Waals surface area contributed by atoms with E-state index < -0.39 is 21.8 Å². The lowest BCUT2D eigenvalue weighted by molar-refractivity contribution is 0.0648. The highest BCUT2D eigenvalue weighted by molar-refractivity contribution is 7.91. The van der Waals surface area contributed by atoms with Crippen LogP contribution in [0.25, 0.3) is 11.0 Å². The van der Waals surface area contributed by atoms with E-state index in [4.69, 9.17) is 4.42 Å². The summed E-state index contributed by atoms with van der Waals surface area (Å²) in [7, 11) is -3.20. The van der Waals surface area contributed by atoms with Crippen molar-refractivity contribution >= 4 is 26.7 Å². The molecule has 7 heteroatoms. The van der Waals surface area contributed by atoms with E-state index in [9.17, 15) is 18.0 Å². The van der Waals surface area contributed by atoms with Crippen LogP contribution in [0.5, 0.6) is 0 Å². The molecule has 32 heavy (non-hydrogen) atoms. The highest BCUT2D eigenvalue weighted by atomic mass is 32.2. The first-order valence-corrected chi connectivity index (χ1v) is 12.6. The number of rotatable bonds is 5. The number of amides is 1. The lowest BCUT2D eigenvalue weighted by Crippen LogP contribution is -2.41. The topological polar surface area (TPSA) is 84.7 Å². The van der Waals surface area contributed by atoms with Gasteiger partial charge in [-0.15, -0.1) is 0 Å².